The standard InChI is InChI=1S/C13H15BrN2/c1-3-4-10(8-15)13(16)12-7-11(14)6-5-9(12)2/h5-7H,3-4,16H2,1-2H3/b13-10-. The molecule has 0 aliphatic heterocycles. The van der Waals surface area contributed by atoms with Crippen LogP contribution in [-0.2, 0) is 0 Å². The molecule has 0 bridgehead atoms. The topological polar surface area (TPSA) is 49.8 Å². The van der Waals surface area contributed by atoms with Crippen molar-refractivity contribution in [2.75, 3.05) is 0 Å². The molecule has 0 saturated carbocycles. The van der Waals surface area contributed by atoms with E-state index in [1.54, 1.807) is 0 Å². The molecular weight excluding hydrogens is 264 g/mol. The summed E-state index contributed by atoms with van der Waals surface area (Å²) in [5.74, 6) is 0. The van der Waals surface area contributed by atoms with Crippen LogP contribution in [0.4, 0.5) is 0 Å². The average Bonchev–Trinajstić information content (AvgIpc) is 2.28. The van der Waals surface area contributed by atoms with E-state index in [1.165, 1.54) is 0 Å². The summed E-state index contributed by atoms with van der Waals surface area (Å²) in [4.78, 5) is 0. The number of halogens is 1. The van der Waals surface area contributed by atoms with Crippen LogP contribution in [0.15, 0.2) is 28.2 Å². The second kappa shape index (κ2) is 5.72. The van der Waals surface area contributed by atoms with Crippen LogP contribution >= 0.6 is 15.9 Å². The molecule has 0 radical (unpaired) electrons. The zero-order valence-electron chi connectivity index (χ0n) is 9.55. The summed E-state index contributed by atoms with van der Waals surface area (Å²) in [6, 6.07) is 8.11. The fourth-order valence-corrected chi connectivity index (χ4v) is 1.91. The van der Waals surface area contributed by atoms with E-state index in [0.29, 0.717) is 11.3 Å². The predicted molar refractivity (Wildman–Crippen MR) is 70.5 cm³/mol. The largest absolute Gasteiger partial charge is 0.397 e. The van der Waals surface area contributed by atoms with Gasteiger partial charge in [0.1, 0.15) is 0 Å². The van der Waals surface area contributed by atoms with Crippen LogP contribution in [-0.4, -0.2) is 0 Å². The molecule has 0 atom stereocenters. The molecule has 1 aromatic carbocycles. The minimum atomic E-state index is 0.600. The van der Waals surface area contributed by atoms with Gasteiger partial charge in [0.05, 0.1) is 17.3 Å². The molecule has 1 rings (SSSR count). The van der Waals surface area contributed by atoms with Gasteiger partial charge in [-0.05, 0) is 31.0 Å². The molecule has 2 N–H and O–H groups in total. The van der Waals surface area contributed by atoms with Gasteiger partial charge in [0, 0.05) is 10.0 Å². The lowest BCUT2D eigenvalue weighted by Gasteiger charge is -2.09. The highest BCUT2D eigenvalue weighted by molar-refractivity contribution is 9.10. The van der Waals surface area contributed by atoms with Crippen LogP contribution in [0.5, 0.6) is 0 Å². The van der Waals surface area contributed by atoms with E-state index < -0.39 is 0 Å². The summed E-state index contributed by atoms with van der Waals surface area (Å²) in [5.41, 5.74) is 9.34. The Balaban J connectivity index is 3.27. The number of rotatable bonds is 3. The van der Waals surface area contributed by atoms with Gasteiger partial charge in [0.25, 0.3) is 0 Å². The van der Waals surface area contributed by atoms with Crippen LogP contribution in [0.1, 0.15) is 30.9 Å². The second-order valence-corrected chi connectivity index (χ2v) is 4.63. The van der Waals surface area contributed by atoms with Crippen molar-refractivity contribution in [1.29, 1.82) is 5.26 Å². The summed E-state index contributed by atoms with van der Waals surface area (Å²) in [7, 11) is 0. The van der Waals surface area contributed by atoms with Crippen LogP contribution < -0.4 is 5.73 Å². The molecule has 16 heavy (non-hydrogen) atoms. The number of hydrogen-bond donors (Lipinski definition) is 1. The van der Waals surface area contributed by atoms with E-state index in [9.17, 15) is 0 Å². The third kappa shape index (κ3) is 2.86. The summed E-state index contributed by atoms with van der Waals surface area (Å²) >= 11 is 3.41. The van der Waals surface area contributed by atoms with E-state index in [1.807, 2.05) is 32.0 Å². The molecule has 3 heteroatoms. The number of nitrogens with two attached hydrogens (primary N) is 1. The van der Waals surface area contributed by atoms with Crippen molar-refractivity contribution >= 4 is 21.6 Å². The highest BCUT2D eigenvalue weighted by atomic mass is 79.9. The summed E-state index contributed by atoms with van der Waals surface area (Å²) in [5, 5.41) is 9.05. The first kappa shape index (κ1) is 12.8. The smallest absolute Gasteiger partial charge is 0.0968 e. The summed E-state index contributed by atoms with van der Waals surface area (Å²) in [6.45, 7) is 4.04. The monoisotopic (exact) mass is 278 g/mol. The number of nitrogens with zero attached hydrogens (tertiary/aromatic N) is 1. The van der Waals surface area contributed by atoms with Gasteiger partial charge in [-0.2, -0.15) is 5.26 Å². The summed E-state index contributed by atoms with van der Waals surface area (Å²) in [6.07, 6.45) is 1.66. The van der Waals surface area contributed by atoms with E-state index in [0.717, 1.165) is 28.4 Å². The van der Waals surface area contributed by atoms with E-state index in [4.69, 9.17) is 11.0 Å². The van der Waals surface area contributed by atoms with Gasteiger partial charge in [-0.3, -0.25) is 0 Å². The Morgan fingerprint density at radius 1 is 1.50 bits per heavy atom. The van der Waals surface area contributed by atoms with Crippen LogP contribution in [0.2, 0.25) is 0 Å². The van der Waals surface area contributed by atoms with Crippen LogP contribution in [0.3, 0.4) is 0 Å². The Labute approximate surface area is 105 Å². The van der Waals surface area contributed by atoms with Gasteiger partial charge in [-0.25, -0.2) is 0 Å². The Kier molecular flexibility index (Phi) is 4.57. The lowest BCUT2D eigenvalue weighted by Crippen LogP contribution is -2.03. The van der Waals surface area contributed by atoms with Gasteiger partial charge >= 0.3 is 0 Å². The molecule has 0 heterocycles. The third-order valence-corrected chi connectivity index (χ3v) is 2.94. The molecule has 0 aromatic heterocycles. The second-order valence-electron chi connectivity index (χ2n) is 3.71. The molecule has 0 aliphatic rings. The highest BCUT2D eigenvalue weighted by Crippen LogP contribution is 2.23. The van der Waals surface area contributed by atoms with Crippen molar-refractivity contribution in [3.05, 3.63) is 39.4 Å². The minimum Gasteiger partial charge on any atom is -0.397 e. The Morgan fingerprint density at radius 3 is 2.75 bits per heavy atom. The quantitative estimate of drug-likeness (QED) is 0.856. The lowest BCUT2D eigenvalue weighted by atomic mass is 10.0. The van der Waals surface area contributed by atoms with Crippen molar-refractivity contribution in [3.63, 3.8) is 0 Å². The Bertz CT molecular complexity index is 455. The molecule has 0 amide bonds. The van der Waals surface area contributed by atoms with E-state index in [-0.39, 0.29) is 0 Å². The predicted octanol–water partition coefficient (Wildman–Crippen LogP) is 3.75. The number of benzene rings is 1. The van der Waals surface area contributed by atoms with Crippen molar-refractivity contribution < 1.29 is 0 Å². The molecule has 1 aromatic rings. The number of aryl methyl sites for hydroxylation is 1. The molecule has 0 aliphatic carbocycles. The SMILES string of the molecule is CCC/C(C#N)=C(/N)c1cc(Br)ccc1C. The first-order chi connectivity index (χ1) is 7.60. The maximum Gasteiger partial charge on any atom is 0.0968 e. The fourth-order valence-electron chi connectivity index (χ4n) is 1.55. The van der Waals surface area contributed by atoms with Crippen molar-refractivity contribution in [2.45, 2.75) is 26.7 Å². The first-order valence-corrected chi connectivity index (χ1v) is 6.04. The normalized spacial score (nSPS) is 11.9. The van der Waals surface area contributed by atoms with Crippen LogP contribution in [0.25, 0.3) is 5.70 Å². The van der Waals surface area contributed by atoms with Gasteiger partial charge in [-0.15, -0.1) is 0 Å². The van der Waals surface area contributed by atoms with Gasteiger partial charge in [-0.1, -0.05) is 35.3 Å². The average molecular weight is 279 g/mol. The fraction of sp³-hybridized carbons (Fsp3) is 0.308. The Hall–Kier alpha value is -1.27. The molecule has 0 fully saturated rings. The molecule has 84 valence electrons. The Morgan fingerprint density at radius 2 is 2.19 bits per heavy atom. The van der Waals surface area contributed by atoms with E-state index in [2.05, 4.69) is 22.0 Å². The van der Waals surface area contributed by atoms with Crippen molar-refractivity contribution in [2.24, 2.45) is 5.73 Å². The zero-order chi connectivity index (χ0) is 12.1. The van der Waals surface area contributed by atoms with Gasteiger partial charge < -0.3 is 5.73 Å². The molecule has 2 nitrogen and oxygen atoms in total. The highest BCUT2D eigenvalue weighted by Gasteiger charge is 2.08. The van der Waals surface area contributed by atoms with Crippen LogP contribution in [0, 0.1) is 18.3 Å². The van der Waals surface area contributed by atoms with Gasteiger partial charge in [0.2, 0.25) is 0 Å². The molecule has 0 unspecified atom stereocenters. The number of nitriles is 1. The van der Waals surface area contributed by atoms with Gasteiger partial charge in [0.15, 0.2) is 0 Å². The van der Waals surface area contributed by atoms with Crippen molar-refractivity contribution in [1.82, 2.24) is 0 Å². The number of allylic oxidation sites excluding steroid dienone is 1. The lowest BCUT2D eigenvalue weighted by molar-refractivity contribution is 0.928. The number of hydrogen-bond acceptors (Lipinski definition) is 2. The first-order valence-electron chi connectivity index (χ1n) is 5.25. The molecule has 0 saturated heterocycles. The minimum absolute atomic E-state index is 0.600. The third-order valence-electron chi connectivity index (χ3n) is 2.45. The van der Waals surface area contributed by atoms with E-state index >= 15 is 0 Å². The molecule has 0 spiro atoms. The zero-order valence-corrected chi connectivity index (χ0v) is 11.1. The van der Waals surface area contributed by atoms with Crippen molar-refractivity contribution in [3.8, 4) is 6.07 Å². The maximum atomic E-state index is 9.05. The maximum absolute atomic E-state index is 9.05. The summed E-state index contributed by atoms with van der Waals surface area (Å²) < 4.78 is 0.977. The molecular formula is C13H15BrN2.